The monoisotopic (exact) mass is 283 g/mol. The average molecular weight is 283 g/mol. The molecule has 0 aliphatic heterocycles. The van der Waals surface area contributed by atoms with Crippen molar-refractivity contribution in [2.24, 2.45) is 5.73 Å². The molecule has 2 unspecified atom stereocenters. The maximum Gasteiger partial charge on any atom is 0.237 e. The van der Waals surface area contributed by atoms with Gasteiger partial charge in [0.2, 0.25) is 5.91 Å². The molecular formula is C16H33N3O. The van der Waals surface area contributed by atoms with Gasteiger partial charge < -0.3 is 16.0 Å². The maximum absolute atomic E-state index is 11.8. The number of amides is 1. The Hall–Kier alpha value is -0.610. The number of nitrogens with zero attached hydrogens (tertiary/aromatic N) is 1. The van der Waals surface area contributed by atoms with E-state index in [1.807, 2.05) is 7.05 Å². The fraction of sp³-hybridized carbons (Fsp3) is 0.938. The van der Waals surface area contributed by atoms with Crippen LogP contribution in [0.1, 0.15) is 65.2 Å². The molecule has 20 heavy (non-hydrogen) atoms. The minimum Gasteiger partial charge on any atom is -0.368 e. The van der Waals surface area contributed by atoms with Gasteiger partial charge in [0, 0.05) is 6.04 Å². The second-order valence-electron chi connectivity index (χ2n) is 6.19. The van der Waals surface area contributed by atoms with Gasteiger partial charge in [0.15, 0.2) is 0 Å². The van der Waals surface area contributed by atoms with Crippen molar-refractivity contribution in [1.82, 2.24) is 10.2 Å². The average Bonchev–Trinajstić information content (AvgIpc) is 2.47. The molecule has 4 nitrogen and oxygen atoms in total. The van der Waals surface area contributed by atoms with Crippen LogP contribution in [0.3, 0.4) is 0 Å². The Balaban J connectivity index is 2.71. The quantitative estimate of drug-likeness (QED) is 0.682. The molecule has 1 aliphatic carbocycles. The molecule has 0 saturated heterocycles. The molecule has 0 aromatic rings. The lowest BCUT2D eigenvalue weighted by atomic mass is 9.77. The number of rotatable bonds is 9. The first-order chi connectivity index (χ1) is 9.59. The van der Waals surface area contributed by atoms with Gasteiger partial charge in [-0.3, -0.25) is 4.79 Å². The first-order valence-electron chi connectivity index (χ1n) is 8.32. The highest BCUT2D eigenvalue weighted by Gasteiger charge is 2.41. The van der Waals surface area contributed by atoms with Crippen LogP contribution in [0.2, 0.25) is 0 Å². The SMILES string of the molecule is CCCCN(CCCC)C1CCCC(NC)(C(N)=O)C1. The predicted octanol–water partition coefficient (Wildman–Crippen LogP) is 2.27. The van der Waals surface area contributed by atoms with Gasteiger partial charge in [-0.1, -0.05) is 26.7 Å². The zero-order chi connectivity index (χ0) is 15.0. The van der Waals surface area contributed by atoms with Crippen LogP contribution >= 0.6 is 0 Å². The largest absolute Gasteiger partial charge is 0.368 e. The normalized spacial score (nSPS) is 26.9. The summed E-state index contributed by atoms with van der Waals surface area (Å²) in [6.45, 7) is 6.78. The molecule has 1 aliphatic rings. The van der Waals surface area contributed by atoms with Crippen molar-refractivity contribution in [3.63, 3.8) is 0 Å². The topological polar surface area (TPSA) is 58.4 Å². The Morgan fingerprint density at radius 3 is 2.35 bits per heavy atom. The zero-order valence-electron chi connectivity index (χ0n) is 13.6. The number of hydrogen-bond donors (Lipinski definition) is 2. The third-order valence-corrected chi connectivity index (χ3v) is 4.79. The molecule has 118 valence electrons. The summed E-state index contributed by atoms with van der Waals surface area (Å²) < 4.78 is 0. The number of carbonyl (C=O) groups excluding carboxylic acids is 1. The molecule has 1 rings (SSSR count). The minimum atomic E-state index is -0.487. The summed E-state index contributed by atoms with van der Waals surface area (Å²) in [6.07, 6.45) is 8.96. The number of unbranched alkanes of at least 4 members (excludes halogenated alkanes) is 2. The van der Waals surface area contributed by atoms with Crippen LogP contribution in [0.4, 0.5) is 0 Å². The van der Waals surface area contributed by atoms with Crippen LogP contribution in [0.5, 0.6) is 0 Å². The van der Waals surface area contributed by atoms with Crippen molar-refractivity contribution < 1.29 is 4.79 Å². The first kappa shape index (κ1) is 17.4. The molecule has 1 saturated carbocycles. The summed E-state index contributed by atoms with van der Waals surface area (Å²) in [5, 5.41) is 3.21. The summed E-state index contributed by atoms with van der Waals surface area (Å²) in [6, 6.07) is 0.502. The second-order valence-corrected chi connectivity index (χ2v) is 6.19. The lowest BCUT2D eigenvalue weighted by molar-refractivity contribution is -0.126. The summed E-state index contributed by atoms with van der Waals surface area (Å²) in [5.74, 6) is -0.185. The molecule has 1 fully saturated rings. The molecule has 2 atom stereocenters. The van der Waals surface area contributed by atoms with E-state index in [2.05, 4.69) is 24.1 Å². The summed E-state index contributed by atoms with van der Waals surface area (Å²) >= 11 is 0. The zero-order valence-corrected chi connectivity index (χ0v) is 13.6. The van der Waals surface area contributed by atoms with Crippen molar-refractivity contribution in [3.05, 3.63) is 0 Å². The van der Waals surface area contributed by atoms with E-state index >= 15 is 0 Å². The van der Waals surface area contributed by atoms with Gasteiger partial charge in [0.25, 0.3) is 0 Å². The van der Waals surface area contributed by atoms with Gasteiger partial charge in [-0.25, -0.2) is 0 Å². The molecule has 0 aromatic carbocycles. The van der Waals surface area contributed by atoms with Gasteiger partial charge in [-0.15, -0.1) is 0 Å². The van der Waals surface area contributed by atoms with E-state index in [0.29, 0.717) is 6.04 Å². The van der Waals surface area contributed by atoms with Crippen LogP contribution in [-0.2, 0) is 4.79 Å². The maximum atomic E-state index is 11.8. The van der Waals surface area contributed by atoms with Crippen molar-refractivity contribution >= 4 is 5.91 Å². The van der Waals surface area contributed by atoms with Crippen LogP contribution in [0.15, 0.2) is 0 Å². The first-order valence-corrected chi connectivity index (χ1v) is 8.32. The molecule has 0 radical (unpaired) electrons. The lowest BCUT2D eigenvalue weighted by Gasteiger charge is -2.43. The van der Waals surface area contributed by atoms with Crippen LogP contribution < -0.4 is 11.1 Å². The van der Waals surface area contributed by atoms with Gasteiger partial charge in [0.1, 0.15) is 0 Å². The van der Waals surface area contributed by atoms with Gasteiger partial charge in [0.05, 0.1) is 5.54 Å². The van der Waals surface area contributed by atoms with Crippen LogP contribution in [-0.4, -0.2) is 42.5 Å². The number of likely N-dealkylation sites (N-methyl/N-ethyl adjacent to an activating group) is 1. The number of nitrogens with two attached hydrogens (primary N) is 1. The third-order valence-electron chi connectivity index (χ3n) is 4.79. The fourth-order valence-corrected chi connectivity index (χ4v) is 3.33. The number of nitrogens with one attached hydrogen (secondary N) is 1. The van der Waals surface area contributed by atoms with Gasteiger partial charge in [-0.2, -0.15) is 0 Å². The highest BCUT2D eigenvalue weighted by atomic mass is 16.1. The van der Waals surface area contributed by atoms with Crippen LogP contribution in [0, 0.1) is 0 Å². The summed E-state index contributed by atoms with van der Waals surface area (Å²) in [5.41, 5.74) is 5.17. The second kappa shape index (κ2) is 8.63. The molecular weight excluding hydrogens is 250 g/mol. The fourth-order valence-electron chi connectivity index (χ4n) is 3.33. The van der Waals surface area contributed by atoms with E-state index in [1.165, 1.54) is 32.1 Å². The molecule has 0 aromatic heterocycles. The van der Waals surface area contributed by atoms with Crippen molar-refractivity contribution in [3.8, 4) is 0 Å². The lowest BCUT2D eigenvalue weighted by Crippen LogP contribution is -2.59. The Kier molecular flexibility index (Phi) is 7.52. The third kappa shape index (κ3) is 4.45. The Bertz CT molecular complexity index is 287. The number of carbonyl (C=O) groups is 1. The predicted molar refractivity (Wildman–Crippen MR) is 84.6 cm³/mol. The summed E-state index contributed by atoms with van der Waals surface area (Å²) in [4.78, 5) is 14.4. The minimum absolute atomic E-state index is 0.185. The standard InChI is InChI=1S/C16H33N3O/c1-4-6-11-19(12-7-5-2)14-9-8-10-16(13-14,18-3)15(17)20/h14,18H,4-13H2,1-3H3,(H2,17,20). The van der Waals surface area contributed by atoms with Crippen molar-refractivity contribution in [1.29, 1.82) is 0 Å². The molecule has 1 amide bonds. The Labute approximate surface area is 124 Å². The van der Waals surface area contributed by atoms with E-state index in [0.717, 1.165) is 32.4 Å². The number of primary amides is 1. The van der Waals surface area contributed by atoms with E-state index < -0.39 is 5.54 Å². The molecule has 3 N–H and O–H groups in total. The Morgan fingerprint density at radius 1 is 1.30 bits per heavy atom. The highest BCUT2D eigenvalue weighted by Crippen LogP contribution is 2.31. The van der Waals surface area contributed by atoms with Crippen molar-refractivity contribution in [2.75, 3.05) is 20.1 Å². The van der Waals surface area contributed by atoms with E-state index in [1.54, 1.807) is 0 Å². The smallest absolute Gasteiger partial charge is 0.237 e. The van der Waals surface area contributed by atoms with E-state index in [-0.39, 0.29) is 5.91 Å². The van der Waals surface area contributed by atoms with Gasteiger partial charge in [-0.05, 0) is 58.7 Å². The Morgan fingerprint density at radius 2 is 1.90 bits per heavy atom. The highest BCUT2D eigenvalue weighted by molar-refractivity contribution is 5.84. The van der Waals surface area contributed by atoms with E-state index in [4.69, 9.17) is 5.73 Å². The van der Waals surface area contributed by atoms with Crippen molar-refractivity contribution in [2.45, 2.75) is 76.8 Å². The van der Waals surface area contributed by atoms with Crippen LogP contribution in [0.25, 0.3) is 0 Å². The summed E-state index contributed by atoms with van der Waals surface area (Å²) in [7, 11) is 1.87. The molecule has 0 heterocycles. The molecule has 0 bridgehead atoms. The molecule has 0 spiro atoms. The number of hydrogen-bond acceptors (Lipinski definition) is 3. The van der Waals surface area contributed by atoms with Gasteiger partial charge >= 0.3 is 0 Å². The molecule has 4 heteroatoms. The van der Waals surface area contributed by atoms with E-state index in [9.17, 15) is 4.79 Å².